The van der Waals surface area contributed by atoms with Gasteiger partial charge in [-0.2, -0.15) is 0 Å². The highest BCUT2D eigenvalue weighted by Crippen LogP contribution is 2.56. The third-order valence-corrected chi connectivity index (χ3v) is 5.72. The van der Waals surface area contributed by atoms with Crippen molar-refractivity contribution in [3.8, 4) is 0 Å². The molecule has 0 unspecified atom stereocenters. The predicted molar refractivity (Wildman–Crippen MR) is 76.6 cm³/mol. The van der Waals surface area contributed by atoms with Gasteiger partial charge in [-0.15, -0.1) is 0 Å². The number of carboxylic acids is 1. The molecule has 4 fully saturated rings. The van der Waals surface area contributed by atoms with Crippen molar-refractivity contribution in [2.24, 2.45) is 29.6 Å². The van der Waals surface area contributed by atoms with Crippen molar-refractivity contribution >= 4 is 11.9 Å². The fourth-order valence-corrected chi connectivity index (χ4v) is 5.17. The molecule has 0 aromatic heterocycles. The molecule has 0 radical (unpaired) electrons. The number of methoxy groups -OCH3 is 1. The van der Waals surface area contributed by atoms with E-state index in [0.29, 0.717) is 25.0 Å². The van der Waals surface area contributed by atoms with Gasteiger partial charge in [0.15, 0.2) is 0 Å². The number of hydrogen-bond acceptors (Lipinski definition) is 3. The highest BCUT2D eigenvalue weighted by atomic mass is 16.5. The Morgan fingerprint density at radius 1 is 1.10 bits per heavy atom. The van der Waals surface area contributed by atoms with Crippen LogP contribution in [0.4, 0.5) is 0 Å². The molecule has 0 atom stereocenters. The zero-order valence-corrected chi connectivity index (χ0v) is 12.7. The third-order valence-electron chi connectivity index (χ3n) is 5.72. The molecule has 0 heterocycles. The summed E-state index contributed by atoms with van der Waals surface area (Å²) in [5.41, 5.74) is 0. The number of carbonyl (C=O) groups is 2. The molecule has 0 aliphatic heterocycles. The Bertz CT molecular complexity index is 395. The van der Waals surface area contributed by atoms with E-state index >= 15 is 0 Å². The Balaban J connectivity index is 1.71. The Hall–Kier alpha value is -1.10. The zero-order valence-electron chi connectivity index (χ0n) is 12.7. The van der Waals surface area contributed by atoms with Crippen molar-refractivity contribution in [2.75, 3.05) is 26.8 Å². The standard InChI is InChI=1S/C16H25NO4/c1-21-3-2-17(9-14(18)19)16(20)15-12-5-10-4-11(7-12)8-13(15)6-10/h10-13,15H,2-9H2,1H3,(H,18,19). The SMILES string of the molecule is COCCN(CC(=O)O)C(=O)C1C2CC3CC(C2)CC1C3. The van der Waals surface area contributed by atoms with E-state index in [1.165, 1.54) is 37.0 Å². The minimum atomic E-state index is -0.941. The molecule has 118 valence electrons. The fraction of sp³-hybridized carbons (Fsp3) is 0.875. The summed E-state index contributed by atoms with van der Waals surface area (Å²) in [6, 6.07) is 0. The second-order valence-electron chi connectivity index (χ2n) is 7.10. The number of carboxylic acid groups (broad SMARTS) is 1. The lowest BCUT2D eigenvalue weighted by molar-refractivity contribution is -0.155. The van der Waals surface area contributed by atoms with Crippen LogP contribution in [0, 0.1) is 29.6 Å². The molecule has 4 saturated carbocycles. The molecule has 4 bridgehead atoms. The van der Waals surface area contributed by atoms with Gasteiger partial charge in [0.2, 0.25) is 5.91 Å². The zero-order chi connectivity index (χ0) is 15.0. The first-order chi connectivity index (χ1) is 10.1. The van der Waals surface area contributed by atoms with Gasteiger partial charge in [0.1, 0.15) is 6.54 Å². The highest BCUT2D eigenvalue weighted by Gasteiger charge is 2.51. The molecular formula is C16H25NO4. The molecule has 5 heteroatoms. The topological polar surface area (TPSA) is 66.8 Å². The molecule has 0 aromatic carbocycles. The van der Waals surface area contributed by atoms with Crippen molar-refractivity contribution in [3.63, 3.8) is 0 Å². The summed E-state index contributed by atoms with van der Waals surface area (Å²) in [5, 5.41) is 9.05. The van der Waals surface area contributed by atoms with Crippen molar-refractivity contribution in [2.45, 2.75) is 32.1 Å². The van der Waals surface area contributed by atoms with Crippen LogP contribution in [0.2, 0.25) is 0 Å². The predicted octanol–water partition coefficient (Wildman–Crippen LogP) is 1.62. The molecule has 4 rings (SSSR count). The Kier molecular flexibility index (Phi) is 4.20. The molecule has 4 aliphatic rings. The first-order valence-electron chi connectivity index (χ1n) is 8.08. The first-order valence-corrected chi connectivity index (χ1v) is 8.08. The van der Waals surface area contributed by atoms with E-state index in [1.54, 1.807) is 7.11 Å². The first kappa shape index (κ1) is 14.8. The number of nitrogens with zero attached hydrogens (tertiary/aromatic N) is 1. The van der Waals surface area contributed by atoms with Crippen LogP contribution in [0.25, 0.3) is 0 Å². The molecule has 0 saturated heterocycles. The number of carbonyl (C=O) groups excluding carboxylic acids is 1. The van der Waals surface area contributed by atoms with Gasteiger partial charge in [-0.1, -0.05) is 0 Å². The van der Waals surface area contributed by atoms with E-state index in [-0.39, 0.29) is 18.4 Å². The van der Waals surface area contributed by atoms with Gasteiger partial charge < -0.3 is 14.7 Å². The Morgan fingerprint density at radius 2 is 1.67 bits per heavy atom. The van der Waals surface area contributed by atoms with Crippen LogP contribution in [-0.2, 0) is 14.3 Å². The van der Waals surface area contributed by atoms with Crippen LogP contribution in [0.5, 0.6) is 0 Å². The molecule has 21 heavy (non-hydrogen) atoms. The highest BCUT2D eigenvalue weighted by molar-refractivity contribution is 5.83. The summed E-state index contributed by atoms with van der Waals surface area (Å²) >= 11 is 0. The van der Waals surface area contributed by atoms with E-state index in [1.807, 2.05) is 0 Å². The number of rotatable bonds is 6. The lowest BCUT2D eigenvalue weighted by Crippen LogP contribution is -2.53. The lowest BCUT2D eigenvalue weighted by atomic mass is 9.51. The van der Waals surface area contributed by atoms with Crippen molar-refractivity contribution < 1.29 is 19.4 Å². The van der Waals surface area contributed by atoms with Crippen LogP contribution >= 0.6 is 0 Å². The van der Waals surface area contributed by atoms with Crippen LogP contribution in [0.15, 0.2) is 0 Å². The van der Waals surface area contributed by atoms with Crippen LogP contribution in [0.3, 0.4) is 0 Å². The van der Waals surface area contributed by atoms with Crippen molar-refractivity contribution in [3.05, 3.63) is 0 Å². The van der Waals surface area contributed by atoms with Crippen molar-refractivity contribution in [1.82, 2.24) is 4.90 Å². The summed E-state index contributed by atoms with van der Waals surface area (Å²) in [4.78, 5) is 25.4. The maximum Gasteiger partial charge on any atom is 0.323 e. The van der Waals surface area contributed by atoms with Gasteiger partial charge in [0.25, 0.3) is 0 Å². The number of hydrogen-bond donors (Lipinski definition) is 1. The van der Waals surface area contributed by atoms with Crippen molar-refractivity contribution in [1.29, 1.82) is 0 Å². The van der Waals surface area contributed by atoms with Crippen LogP contribution < -0.4 is 0 Å². The minimum absolute atomic E-state index is 0.0586. The maximum absolute atomic E-state index is 12.9. The smallest absolute Gasteiger partial charge is 0.323 e. The van der Waals surface area contributed by atoms with E-state index in [0.717, 1.165) is 11.8 Å². The molecular weight excluding hydrogens is 270 g/mol. The van der Waals surface area contributed by atoms with E-state index in [4.69, 9.17) is 9.84 Å². The van der Waals surface area contributed by atoms with Gasteiger partial charge in [0, 0.05) is 19.6 Å². The minimum Gasteiger partial charge on any atom is -0.480 e. The second kappa shape index (κ2) is 5.95. The Labute approximate surface area is 125 Å². The van der Waals surface area contributed by atoms with Gasteiger partial charge >= 0.3 is 5.97 Å². The molecule has 1 N–H and O–H groups in total. The number of ether oxygens (including phenoxy) is 1. The molecule has 0 spiro atoms. The summed E-state index contributed by atoms with van der Waals surface area (Å²) < 4.78 is 5.02. The van der Waals surface area contributed by atoms with Gasteiger partial charge in [-0.05, 0) is 55.8 Å². The van der Waals surface area contributed by atoms with E-state index in [2.05, 4.69) is 0 Å². The second-order valence-corrected chi connectivity index (χ2v) is 7.10. The summed E-state index contributed by atoms with van der Waals surface area (Å²) in [5.74, 6) is 1.81. The van der Waals surface area contributed by atoms with Gasteiger partial charge in [-0.3, -0.25) is 9.59 Å². The summed E-state index contributed by atoms with van der Waals surface area (Å²) in [7, 11) is 1.58. The number of amides is 1. The average Bonchev–Trinajstić information content (AvgIpc) is 2.41. The maximum atomic E-state index is 12.9. The van der Waals surface area contributed by atoms with Gasteiger partial charge in [-0.25, -0.2) is 0 Å². The van der Waals surface area contributed by atoms with E-state index in [9.17, 15) is 9.59 Å². The lowest BCUT2D eigenvalue weighted by Gasteiger charge is -2.54. The van der Waals surface area contributed by atoms with Crippen LogP contribution in [-0.4, -0.2) is 48.7 Å². The van der Waals surface area contributed by atoms with Crippen LogP contribution in [0.1, 0.15) is 32.1 Å². The quantitative estimate of drug-likeness (QED) is 0.808. The fourth-order valence-electron chi connectivity index (χ4n) is 5.17. The summed E-state index contributed by atoms with van der Waals surface area (Å²) in [6.07, 6.45) is 6.06. The molecule has 0 aromatic rings. The number of aliphatic carboxylic acids is 1. The monoisotopic (exact) mass is 295 g/mol. The van der Waals surface area contributed by atoms with Gasteiger partial charge in [0.05, 0.1) is 6.61 Å². The summed E-state index contributed by atoms with van der Waals surface area (Å²) in [6.45, 7) is 0.571. The molecule has 5 nitrogen and oxygen atoms in total. The molecule has 4 aliphatic carbocycles. The Morgan fingerprint density at radius 3 is 2.14 bits per heavy atom. The molecule has 1 amide bonds. The average molecular weight is 295 g/mol. The largest absolute Gasteiger partial charge is 0.480 e. The third kappa shape index (κ3) is 2.93. The van der Waals surface area contributed by atoms with E-state index < -0.39 is 5.97 Å². The normalized spacial score (nSPS) is 36.7.